The zero-order chi connectivity index (χ0) is 17.4. The van der Waals surface area contributed by atoms with Crippen LogP contribution in [0.15, 0.2) is 18.5 Å². The van der Waals surface area contributed by atoms with Crippen molar-refractivity contribution in [3.63, 3.8) is 0 Å². The number of aryl methyl sites for hydroxylation is 1. The highest BCUT2D eigenvalue weighted by Crippen LogP contribution is 2.33. The van der Waals surface area contributed by atoms with Gasteiger partial charge in [0.15, 0.2) is 0 Å². The Hall–Kier alpha value is -2.70. The lowest BCUT2D eigenvalue weighted by molar-refractivity contribution is 0.180. The molecule has 7 heteroatoms. The smallest absolute Gasteiger partial charge is 0.317 e. The molecule has 2 N–H and O–H groups in total. The van der Waals surface area contributed by atoms with E-state index in [0.29, 0.717) is 13.1 Å². The summed E-state index contributed by atoms with van der Waals surface area (Å²) in [6.45, 7) is 5.98. The first kappa shape index (κ1) is 15.8. The summed E-state index contributed by atoms with van der Waals surface area (Å²) in [5.74, 6) is 0.954. The lowest BCUT2D eigenvalue weighted by atomic mass is 9.91. The molecule has 1 unspecified atom stereocenters. The predicted octanol–water partition coefficient (Wildman–Crippen LogP) is 2.72. The van der Waals surface area contributed by atoms with Crippen LogP contribution in [-0.4, -0.2) is 50.5 Å². The van der Waals surface area contributed by atoms with Crippen LogP contribution < -0.4 is 5.32 Å². The minimum Gasteiger partial charge on any atom is -0.346 e. The Kier molecular flexibility index (Phi) is 3.99. The zero-order valence-electron chi connectivity index (χ0n) is 14.5. The molecule has 0 aromatic carbocycles. The molecule has 3 aromatic rings. The molecule has 7 nitrogen and oxygen atoms in total. The third-order valence-electron chi connectivity index (χ3n) is 4.81. The highest BCUT2D eigenvalue weighted by atomic mass is 16.2. The van der Waals surface area contributed by atoms with E-state index in [0.717, 1.165) is 52.8 Å². The molecular weight excluding hydrogens is 316 g/mol. The number of pyridine rings is 1. The van der Waals surface area contributed by atoms with Gasteiger partial charge in [0.25, 0.3) is 0 Å². The van der Waals surface area contributed by atoms with E-state index in [1.807, 2.05) is 31.0 Å². The van der Waals surface area contributed by atoms with Crippen LogP contribution in [0.4, 0.5) is 4.79 Å². The van der Waals surface area contributed by atoms with Gasteiger partial charge < -0.3 is 15.2 Å². The van der Waals surface area contributed by atoms with Crippen LogP contribution in [0.5, 0.6) is 0 Å². The van der Waals surface area contributed by atoms with Gasteiger partial charge in [-0.3, -0.25) is 0 Å². The number of urea groups is 1. The lowest BCUT2D eigenvalue weighted by Crippen LogP contribution is -2.45. The first-order valence-corrected chi connectivity index (χ1v) is 8.80. The molecule has 0 radical (unpaired) electrons. The van der Waals surface area contributed by atoms with Gasteiger partial charge in [0, 0.05) is 42.5 Å². The molecule has 0 aliphatic carbocycles. The highest BCUT2D eigenvalue weighted by Gasteiger charge is 2.27. The highest BCUT2D eigenvalue weighted by molar-refractivity contribution is 6.04. The van der Waals surface area contributed by atoms with E-state index in [4.69, 9.17) is 4.98 Å². The second-order valence-corrected chi connectivity index (χ2v) is 6.54. The molecule has 1 saturated heterocycles. The number of amides is 2. The van der Waals surface area contributed by atoms with E-state index in [1.165, 1.54) is 0 Å². The molecule has 1 fully saturated rings. The molecule has 0 bridgehead atoms. The molecule has 130 valence electrons. The maximum absolute atomic E-state index is 12.2. The van der Waals surface area contributed by atoms with Crippen LogP contribution in [0.1, 0.15) is 37.2 Å². The van der Waals surface area contributed by atoms with Gasteiger partial charge in [-0.05, 0) is 32.8 Å². The van der Waals surface area contributed by atoms with Crippen molar-refractivity contribution in [1.82, 2.24) is 30.2 Å². The maximum Gasteiger partial charge on any atom is 0.317 e. The van der Waals surface area contributed by atoms with Crippen LogP contribution in [0, 0.1) is 6.92 Å². The van der Waals surface area contributed by atoms with E-state index in [2.05, 4.69) is 20.3 Å². The predicted molar refractivity (Wildman–Crippen MR) is 96.5 cm³/mol. The van der Waals surface area contributed by atoms with Gasteiger partial charge in [-0.15, -0.1) is 0 Å². The number of hydrogen-bond acceptors (Lipinski definition) is 4. The number of hydrogen-bond donors (Lipinski definition) is 2. The third kappa shape index (κ3) is 2.79. The lowest BCUT2D eigenvalue weighted by Gasteiger charge is -2.33. The molecule has 4 rings (SSSR count). The number of H-pyrrole nitrogens is 1. The van der Waals surface area contributed by atoms with Crippen molar-refractivity contribution in [2.24, 2.45) is 0 Å². The average Bonchev–Trinajstić information content (AvgIpc) is 3.10. The van der Waals surface area contributed by atoms with Crippen molar-refractivity contribution in [2.75, 3.05) is 19.6 Å². The van der Waals surface area contributed by atoms with Gasteiger partial charge >= 0.3 is 6.03 Å². The summed E-state index contributed by atoms with van der Waals surface area (Å²) in [4.78, 5) is 31.1. The van der Waals surface area contributed by atoms with Gasteiger partial charge in [0.1, 0.15) is 11.5 Å². The van der Waals surface area contributed by atoms with Crippen LogP contribution in [0.25, 0.3) is 21.9 Å². The summed E-state index contributed by atoms with van der Waals surface area (Å²) >= 11 is 0. The third-order valence-corrected chi connectivity index (χ3v) is 4.81. The van der Waals surface area contributed by atoms with Crippen LogP contribution >= 0.6 is 0 Å². The van der Waals surface area contributed by atoms with E-state index in [9.17, 15) is 4.79 Å². The maximum atomic E-state index is 12.2. The quantitative estimate of drug-likeness (QED) is 0.752. The summed E-state index contributed by atoms with van der Waals surface area (Å²) in [7, 11) is 0. The fraction of sp³-hybridized carbons (Fsp3) is 0.444. The summed E-state index contributed by atoms with van der Waals surface area (Å²) < 4.78 is 0. The Morgan fingerprint density at radius 3 is 3.16 bits per heavy atom. The number of nitrogens with one attached hydrogen (secondary N) is 2. The van der Waals surface area contributed by atoms with Crippen molar-refractivity contribution in [1.29, 1.82) is 0 Å². The van der Waals surface area contributed by atoms with Crippen LogP contribution in [0.3, 0.4) is 0 Å². The van der Waals surface area contributed by atoms with Crippen molar-refractivity contribution in [3.05, 3.63) is 30.0 Å². The van der Waals surface area contributed by atoms with Gasteiger partial charge in [-0.2, -0.15) is 0 Å². The molecule has 0 saturated carbocycles. The van der Waals surface area contributed by atoms with Gasteiger partial charge in [0.2, 0.25) is 0 Å². The second kappa shape index (κ2) is 6.31. The monoisotopic (exact) mass is 338 g/mol. The van der Waals surface area contributed by atoms with Crippen molar-refractivity contribution in [2.45, 2.75) is 32.6 Å². The molecule has 3 aromatic heterocycles. The zero-order valence-corrected chi connectivity index (χ0v) is 14.5. The number of nitrogens with zero attached hydrogens (tertiary/aromatic N) is 4. The summed E-state index contributed by atoms with van der Waals surface area (Å²) in [6, 6.07) is 2.03. The minimum atomic E-state index is 0.00995. The average molecular weight is 338 g/mol. The van der Waals surface area contributed by atoms with E-state index in [-0.39, 0.29) is 11.9 Å². The Morgan fingerprint density at radius 2 is 2.32 bits per heavy atom. The Bertz CT molecular complexity index is 934. The molecule has 1 atom stereocenters. The standard InChI is InChI=1S/C18H22N6O/c1-3-19-18(25)24-8-4-5-12(10-24)16-15-13-6-7-20-17(13)21-9-14(15)22-11(2)23-16/h6-7,9,12H,3-5,8,10H2,1-2H3,(H,19,25)(H,20,21). The number of piperidine rings is 1. The van der Waals surface area contributed by atoms with Crippen molar-refractivity contribution < 1.29 is 4.79 Å². The largest absolute Gasteiger partial charge is 0.346 e. The number of aromatic nitrogens is 4. The molecule has 1 aliphatic heterocycles. The fourth-order valence-corrected chi connectivity index (χ4v) is 3.72. The van der Waals surface area contributed by atoms with E-state index >= 15 is 0 Å². The van der Waals surface area contributed by atoms with Gasteiger partial charge in [-0.1, -0.05) is 0 Å². The van der Waals surface area contributed by atoms with Crippen LogP contribution in [-0.2, 0) is 0 Å². The number of aromatic amines is 1. The molecular formula is C18H22N6O. The fourth-order valence-electron chi connectivity index (χ4n) is 3.72. The number of carbonyl (C=O) groups excluding carboxylic acids is 1. The Morgan fingerprint density at radius 1 is 1.44 bits per heavy atom. The number of carbonyl (C=O) groups is 1. The number of fused-ring (bicyclic) bond motifs is 3. The molecule has 1 aliphatic rings. The number of rotatable bonds is 2. The molecule has 0 spiro atoms. The van der Waals surface area contributed by atoms with E-state index in [1.54, 1.807) is 6.20 Å². The first-order chi connectivity index (χ1) is 12.2. The normalized spacial score (nSPS) is 18.0. The summed E-state index contributed by atoms with van der Waals surface area (Å²) in [5, 5.41) is 5.00. The topological polar surface area (TPSA) is 86.8 Å². The minimum absolute atomic E-state index is 0.00995. The second-order valence-electron chi connectivity index (χ2n) is 6.54. The molecule has 4 heterocycles. The molecule has 25 heavy (non-hydrogen) atoms. The first-order valence-electron chi connectivity index (χ1n) is 8.80. The summed E-state index contributed by atoms with van der Waals surface area (Å²) in [6.07, 6.45) is 5.70. The Labute approximate surface area is 145 Å². The van der Waals surface area contributed by atoms with Crippen LogP contribution in [0.2, 0.25) is 0 Å². The van der Waals surface area contributed by atoms with Crippen molar-refractivity contribution >= 4 is 28.0 Å². The Balaban J connectivity index is 1.80. The van der Waals surface area contributed by atoms with Crippen molar-refractivity contribution in [3.8, 4) is 0 Å². The SMILES string of the molecule is CCNC(=O)N1CCCC(c2nc(C)nc3cnc4[nH]ccc4c23)C1. The summed E-state index contributed by atoms with van der Waals surface area (Å²) in [5.41, 5.74) is 2.74. The van der Waals surface area contributed by atoms with Gasteiger partial charge in [0.05, 0.1) is 17.4 Å². The number of likely N-dealkylation sites (tertiary alicyclic amines) is 1. The van der Waals surface area contributed by atoms with E-state index < -0.39 is 0 Å². The van der Waals surface area contributed by atoms with Gasteiger partial charge in [-0.25, -0.2) is 19.7 Å². The molecule has 2 amide bonds.